The molecule has 1 atom stereocenters. The first kappa shape index (κ1) is 19.0. The second-order valence-electron chi connectivity index (χ2n) is 8.07. The highest BCUT2D eigenvalue weighted by Crippen LogP contribution is 2.29. The number of benzene rings is 1. The molecule has 0 N–H and O–H groups in total. The zero-order valence-electron chi connectivity index (χ0n) is 17.3. The van der Waals surface area contributed by atoms with Gasteiger partial charge in [-0.2, -0.15) is 5.10 Å². The minimum atomic E-state index is -0.213. The molecule has 0 bridgehead atoms. The predicted molar refractivity (Wildman–Crippen MR) is 115 cm³/mol. The number of piperazine rings is 1. The number of fused-ring (bicyclic) bond motifs is 1. The molecule has 1 amide bonds. The first-order valence-corrected chi connectivity index (χ1v) is 10.7. The van der Waals surface area contributed by atoms with Crippen molar-refractivity contribution >= 4 is 22.8 Å². The lowest BCUT2D eigenvalue weighted by Gasteiger charge is -2.40. The Hall–Kier alpha value is -3.00. The van der Waals surface area contributed by atoms with E-state index in [9.17, 15) is 4.79 Å². The summed E-state index contributed by atoms with van der Waals surface area (Å²) in [6.45, 7) is 5.01. The first-order valence-electron chi connectivity index (χ1n) is 10.7. The summed E-state index contributed by atoms with van der Waals surface area (Å²) in [4.78, 5) is 28.9. The average Bonchev–Trinajstić information content (AvgIpc) is 3.46. The zero-order chi connectivity index (χ0) is 20.5. The molecule has 3 aromatic rings. The van der Waals surface area contributed by atoms with Crippen LogP contribution >= 0.6 is 0 Å². The molecule has 2 fully saturated rings. The van der Waals surface area contributed by atoms with Gasteiger partial charge in [0, 0.05) is 46.3 Å². The number of carbonyl (C=O) groups excluding carboxylic acids is 1. The van der Waals surface area contributed by atoms with Crippen LogP contribution in [0.4, 0.5) is 5.82 Å². The smallest absolute Gasteiger partial charge is 0.244 e. The molecule has 0 unspecified atom stereocenters. The van der Waals surface area contributed by atoms with E-state index >= 15 is 0 Å². The molecular formula is C22H27N7O. The van der Waals surface area contributed by atoms with Gasteiger partial charge in [0.1, 0.15) is 18.2 Å². The van der Waals surface area contributed by atoms with Gasteiger partial charge in [0.2, 0.25) is 5.91 Å². The van der Waals surface area contributed by atoms with Crippen molar-refractivity contribution in [2.24, 2.45) is 7.05 Å². The van der Waals surface area contributed by atoms with E-state index in [0.717, 1.165) is 74.5 Å². The van der Waals surface area contributed by atoms with Gasteiger partial charge >= 0.3 is 0 Å². The highest BCUT2D eigenvalue weighted by atomic mass is 16.2. The van der Waals surface area contributed by atoms with Gasteiger partial charge < -0.3 is 9.80 Å². The molecule has 0 radical (unpaired) electrons. The Morgan fingerprint density at radius 1 is 0.967 bits per heavy atom. The summed E-state index contributed by atoms with van der Waals surface area (Å²) < 4.78 is 1.77. The van der Waals surface area contributed by atoms with E-state index in [-0.39, 0.29) is 11.9 Å². The summed E-state index contributed by atoms with van der Waals surface area (Å²) in [5.74, 6) is 1.17. The van der Waals surface area contributed by atoms with Crippen molar-refractivity contribution in [2.75, 3.05) is 44.2 Å². The molecule has 30 heavy (non-hydrogen) atoms. The highest BCUT2D eigenvalue weighted by molar-refractivity contribution is 5.87. The van der Waals surface area contributed by atoms with Crippen LogP contribution in [-0.4, -0.2) is 74.7 Å². The number of hydrogen-bond donors (Lipinski definition) is 0. The van der Waals surface area contributed by atoms with Gasteiger partial charge in [0.05, 0.1) is 11.6 Å². The third-order valence-corrected chi connectivity index (χ3v) is 6.25. The molecule has 2 aliphatic heterocycles. The predicted octanol–water partition coefficient (Wildman–Crippen LogP) is 1.85. The van der Waals surface area contributed by atoms with Gasteiger partial charge in [-0.1, -0.05) is 30.3 Å². The second kappa shape index (κ2) is 8.02. The maximum Gasteiger partial charge on any atom is 0.244 e. The largest absolute Gasteiger partial charge is 0.353 e. The summed E-state index contributed by atoms with van der Waals surface area (Å²) in [6, 6.07) is 10.00. The Bertz CT molecular complexity index is 1020. The number of carbonyl (C=O) groups is 1. The third-order valence-electron chi connectivity index (χ3n) is 6.25. The van der Waals surface area contributed by atoms with Crippen LogP contribution in [0.15, 0.2) is 42.9 Å². The lowest BCUT2D eigenvalue weighted by Crippen LogP contribution is -2.51. The lowest BCUT2D eigenvalue weighted by molar-refractivity contribution is -0.136. The molecule has 5 rings (SSSR count). The molecule has 2 saturated heterocycles. The van der Waals surface area contributed by atoms with Gasteiger partial charge in [-0.05, 0) is 18.4 Å². The van der Waals surface area contributed by atoms with Crippen LogP contribution in [0.3, 0.4) is 0 Å². The fourth-order valence-corrected chi connectivity index (χ4v) is 4.65. The third kappa shape index (κ3) is 3.41. The Kier molecular flexibility index (Phi) is 5.08. The maximum atomic E-state index is 13.4. The number of hydrogen-bond acceptors (Lipinski definition) is 6. The van der Waals surface area contributed by atoms with Crippen molar-refractivity contribution in [1.29, 1.82) is 0 Å². The Morgan fingerprint density at radius 3 is 2.43 bits per heavy atom. The molecule has 4 heterocycles. The monoisotopic (exact) mass is 405 g/mol. The van der Waals surface area contributed by atoms with Crippen molar-refractivity contribution in [2.45, 2.75) is 18.9 Å². The normalized spacial score (nSPS) is 18.8. The zero-order valence-corrected chi connectivity index (χ0v) is 17.3. The summed E-state index contributed by atoms with van der Waals surface area (Å²) in [6.07, 6.45) is 5.65. The number of rotatable bonds is 4. The van der Waals surface area contributed by atoms with Crippen molar-refractivity contribution in [3.8, 4) is 0 Å². The summed E-state index contributed by atoms with van der Waals surface area (Å²) >= 11 is 0. The van der Waals surface area contributed by atoms with Gasteiger partial charge in [-0.3, -0.25) is 14.4 Å². The van der Waals surface area contributed by atoms with E-state index in [2.05, 4.69) is 37.0 Å². The van der Waals surface area contributed by atoms with Crippen molar-refractivity contribution in [3.63, 3.8) is 0 Å². The average molecular weight is 406 g/mol. The molecule has 2 aromatic heterocycles. The highest BCUT2D eigenvalue weighted by Gasteiger charge is 2.34. The van der Waals surface area contributed by atoms with E-state index in [4.69, 9.17) is 0 Å². The van der Waals surface area contributed by atoms with Crippen LogP contribution in [0.2, 0.25) is 0 Å². The molecule has 8 heteroatoms. The van der Waals surface area contributed by atoms with Crippen LogP contribution in [0.25, 0.3) is 11.0 Å². The summed E-state index contributed by atoms with van der Waals surface area (Å²) in [7, 11) is 1.89. The number of aromatic nitrogens is 4. The minimum Gasteiger partial charge on any atom is -0.353 e. The standard InChI is InChI=1S/C22H27N7O/c1-26-20-18(15-25-26)21(24-16-23-20)28-13-11-27(12-14-28)19(17-7-3-2-4-8-17)22(30)29-9-5-6-10-29/h2-4,7-8,15-16,19H,5-6,9-14H2,1H3/t19-/m1/s1. The van der Waals surface area contributed by atoms with E-state index < -0.39 is 0 Å². The Labute approximate surface area is 176 Å². The van der Waals surface area contributed by atoms with Crippen LogP contribution in [-0.2, 0) is 11.8 Å². The minimum absolute atomic E-state index is 0.213. The van der Waals surface area contributed by atoms with Crippen LogP contribution in [0.1, 0.15) is 24.4 Å². The number of aryl methyl sites for hydroxylation is 1. The van der Waals surface area contributed by atoms with Crippen molar-refractivity contribution in [3.05, 3.63) is 48.4 Å². The van der Waals surface area contributed by atoms with Crippen LogP contribution < -0.4 is 4.90 Å². The number of amides is 1. The molecule has 8 nitrogen and oxygen atoms in total. The quantitative estimate of drug-likeness (QED) is 0.660. The SMILES string of the molecule is Cn1ncc2c(N3CCN([C@@H](C(=O)N4CCCC4)c4ccccc4)CC3)ncnc21. The topological polar surface area (TPSA) is 70.4 Å². The molecular weight excluding hydrogens is 378 g/mol. The molecule has 156 valence electrons. The fourth-order valence-electron chi connectivity index (χ4n) is 4.65. The van der Waals surface area contributed by atoms with Crippen molar-refractivity contribution in [1.82, 2.24) is 29.5 Å². The van der Waals surface area contributed by atoms with Gasteiger partial charge in [0.15, 0.2) is 5.65 Å². The van der Waals surface area contributed by atoms with Crippen LogP contribution in [0, 0.1) is 0 Å². The van der Waals surface area contributed by atoms with E-state index in [1.54, 1.807) is 11.0 Å². The van der Waals surface area contributed by atoms with Crippen molar-refractivity contribution < 1.29 is 4.79 Å². The van der Waals surface area contributed by atoms with E-state index in [1.165, 1.54) is 0 Å². The number of likely N-dealkylation sites (tertiary alicyclic amines) is 1. The maximum absolute atomic E-state index is 13.4. The molecule has 0 saturated carbocycles. The summed E-state index contributed by atoms with van der Waals surface area (Å²) in [5, 5.41) is 5.30. The van der Waals surface area contributed by atoms with Gasteiger partial charge in [0.25, 0.3) is 0 Å². The number of anilines is 1. The summed E-state index contributed by atoms with van der Waals surface area (Å²) in [5.41, 5.74) is 1.92. The van der Waals surface area contributed by atoms with Crippen LogP contribution in [0.5, 0.6) is 0 Å². The first-order chi connectivity index (χ1) is 14.7. The van der Waals surface area contributed by atoms with Gasteiger partial charge in [-0.15, -0.1) is 0 Å². The molecule has 1 aromatic carbocycles. The molecule has 2 aliphatic rings. The Balaban J connectivity index is 1.37. The Morgan fingerprint density at radius 2 is 1.70 bits per heavy atom. The lowest BCUT2D eigenvalue weighted by atomic mass is 10.0. The van der Waals surface area contributed by atoms with Gasteiger partial charge in [-0.25, -0.2) is 9.97 Å². The second-order valence-corrected chi connectivity index (χ2v) is 8.07. The fraction of sp³-hybridized carbons (Fsp3) is 0.455. The molecule has 0 spiro atoms. The van der Waals surface area contributed by atoms with E-state index in [1.807, 2.05) is 36.3 Å². The van der Waals surface area contributed by atoms with E-state index in [0.29, 0.717) is 0 Å². The number of nitrogens with zero attached hydrogens (tertiary/aromatic N) is 7. The molecule has 0 aliphatic carbocycles.